The van der Waals surface area contributed by atoms with Gasteiger partial charge in [-0.2, -0.15) is 0 Å². The van der Waals surface area contributed by atoms with Crippen LogP contribution in [0.15, 0.2) is 48.5 Å². The maximum absolute atomic E-state index is 6.27. The molecule has 0 atom stereocenters. The number of nitrogens with zero attached hydrogens (tertiary/aromatic N) is 2. The zero-order valence-corrected chi connectivity index (χ0v) is 24.2. The van der Waals surface area contributed by atoms with E-state index in [2.05, 4.69) is 97.2 Å². The van der Waals surface area contributed by atoms with Crippen LogP contribution < -0.4 is 15.4 Å². The highest BCUT2D eigenvalue weighted by Crippen LogP contribution is 2.21. The number of rotatable bonds is 22. The third-order valence-corrected chi connectivity index (χ3v) is 6.65. The first-order valence-corrected chi connectivity index (χ1v) is 14.5. The Morgan fingerprint density at radius 2 is 1.24 bits per heavy atom. The lowest BCUT2D eigenvalue weighted by atomic mass is 10.1. The molecule has 0 spiro atoms. The standard InChI is InChI=1S/C32H54N4O/c1-35(2)23-14-21-33-27-30-19-20-32(31(26-30)28-34-22-15-24-36(3)4)37-25-13-8-6-5-7-10-16-29-17-11-9-12-18-29/h9,11-12,17-20,26,33-34H,5-8,10,13-16,21-25,27-28H2,1-4H3. The molecule has 5 nitrogen and oxygen atoms in total. The average molecular weight is 511 g/mol. The Balaban J connectivity index is 1.69. The van der Waals surface area contributed by atoms with Crippen molar-refractivity contribution < 1.29 is 4.74 Å². The number of benzene rings is 2. The highest BCUT2D eigenvalue weighted by Gasteiger charge is 2.06. The Morgan fingerprint density at radius 1 is 0.622 bits per heavy atom. The van der Waals surface area contributed by atoms with Gasteiger partial charge in [0.15, 0.2) is 0 Å². The van der Waals surface area contributed by atoms with E-state index < -0.39 is 0 Å². The summed E-state index contributed by atoms with van der Waals surface area (Å²) in [5, 5.41) is 7.21. The number of nitrogens with one attached hydrogen (secondary N) is 2. The number of ether oxygens (including phenoxy) is 1. The molecule has 208 valence electrons. The van der Waals surface area contributed by atoms with Crippen molar-refractivity contribution in [3.63, 3.8) is 0 Å². The molecular formula is C32H54N4O. The smallest absolute Gasteiger partial charge is 0.123 e. The fraction of sp³-hybridized carbons (Fsp3) is 0.625. The minimum atomic E-state index is 0.805. The Hall–Kier alpha value is -1.92. The van der Waals surface area contributed by atoms with E-state index in [0.29, 0.717) is 0 Å². The molecule has 2 aromatic rings. The average Bonchev–Trinajstić information content (AvgIpc) is 2.88. The third-order valence-electron chi connectivity index (χ3n) is 6.65. The minimum absolute atomic E-state index is 0.805. The number of unbranched alkanes of at least 4 members (excludes halogenated alkanes) is 5. The molecule has 0 amide bonds. The minimum Gasteiger partial charge on any atom is -0.493 e. The molecule has 0 heterocycles. The van der Waals surface area contributed by atoms with Crippen LogP contribution in [0.4, 0.5) is 0 Å². The number of hydrogen-bond acceptors (Lipinski definition) is 5. The lowest BCUT2D eigenvalue weighted by molar-refractivity contribution is 0.300. The molecule has 0 aliphatic carbocycles. The van der Waals surface area contributed by atoms with Gasteiger partial charge in [0.2, 0.25) is 0 Å². The van der Waals surface area contributed by atoms with Gasteiger partial charge >= 0.3 is 0 Å². The van der Waals surface area contributed by atoms with Crippen LogP contribution in [0.25, 0.3) is 0 Å². The summed E-state index contributed by atoms with van der Waals surface area (Å²) in [5.41, 5.74) is 4.07. The Kier molecular flexibility index (Phi) is 17.0. The summed E-state index contributed by atoms with van der Waals surface area (Å²) in [4.78, 5) is 4.47. The van der Waals surface area contributed by atoms with Gasteiger partial charge in [0.1, 0.15) is 5.75 Å². The topological polar surface area (TPSA) is 39.8 Å². The van der Waals surface area contributed by atoms with Crippen molar-refractivity contribution in [1.29, 1.82) is 0 Å². The second kappa shape index (κ2) is 20.1. The first kappa shape index (κ1) is 31.3. The summed E-state index contributed by atoms with van der Waals surface area (Å²) >= 11 is 0. The van der Waals surface area contributed by atoms with Crippen molar-refractivity contribution in [2.45, 2.75) is 70.9 Å². The summed E-state index contributed by atoms with van der Waals surface area (Å²) < 4.78 is 6.27. The monoisotopic (exact) mass is 510 g/mol. The van der Waals surface area contributed by atoms with Crippen molar-refractivity contribution in [3.8, 4) is 5.75 Å². The zero-order valence-electron chi connectivity index (χ0n) is 24.2. The first-order valence-electron chi connectivity index (χ1n) is 14.5. The third kappa shape index (κ3) is 15.8. The molecule has 0 saturated heterocycles. The summed E-state index contributed by atoms with van der Waals surface area (Å²) in [5.74, 6) is 1.04. The molecule has 0 radical (unpaired) electrons. The van der Waals surface area contributed by atoms with Gasteiger partial charge in [-0.1, -0.05) is 62.1 Å². The van der Waals surface area contributed by atoms with E-state index in [-0.39, 0.29) is 0 Å². The van der Waals surface area contributed by atoms with Crippen LogP contribution in [0, 0.1) is 0 Å². The van der Waals surface area contributed by atoms with Crippen molar-refractivity contribution >= 4 is 0 Å². The first-order chi connectivity index (χ1) is 18.0. The molecule has 0 bridgehead atoms. The van der Waals surface area contributed by atoms with E-state index in [0.717, 1.165) is 64.5 Å². The van der Waals surface area contributed by atoms with Crippen LogP contribution in [-0.2, 0) is 19.5 Å². The highest BCUT2D eigenvalue weighted by molar-refractivity contribution is 5.37. The molecule has 0 fully saturated rings. The van der Waals surface area contributed by atoms with Crippen molar-refractivity contribution in [2.24, 2.45) is 0 Å². The van der Waals surface area contributed by atoms with E-state index >= 15 is 0 Å². The Bertz CT molecular complexity index is 810. The van der Waals surface area contributed by atoms with Crippen LogP contribution in [0.2, 0.25) is 0 Å². The predicted octanol–water partition coefficient (Wildman–Crippen LogP) is 5.73. The van der Waals surface area contributed by atoms with Gasteiger partial charge in [0, 0.05) is 18.7 Å². The van der Waals surface area contributed by atoms with Crippen LogP contribution in [0.1, 0.15) is 68.1 Å². The summed E-state index contributed by atoms with van der Waals surface area (Å²) in [6, 6.07) is 17.6. The summed E-state index contributed by atoms with van der Waals surface area (Å²) in [6.45, 7) is 6.87. The van der Waals surface area contributed by atoms with E-state index in [4.69, 9.17) is 4.74 Å². The lowest BCUT2D eigenvalue weighted by Crippen LogP contribution is -2.22. The van der Waals surface area contributed by atoms with Gasteiger partial charge in [-0.3, -0.25) is 0 Å². The van der Waals surface area contributed by atoms with Crippen molar-refractivity contribution in [3.05, 3.63) is 65.2 Å². The summed E-state index contributed by atoms with van der Waals surface area (Å²) in [6.07, 6.45) is 11.1. The van der Waals surface area contributed by atoms with Gasteiger partial charge in [-0.25, -0.2) is 0 Å². The fourth-order valence-corrected chi connectivity index (χ4v) is 4.48. The van der Waals surface area contributed by atoms with Crippen molar-refractivity contribution in [1.82, 2.24) is 20.4 Å². The molecule has 2 aromatic carbocycles. The van der Waals surface area contributed by atoms with Crippen LogP contribution in [0.3, 0.4) is 0 Å². The molecule has 0 saturated carbocycles. The SMILES string of the molecule is CN(C)CCCNCc1ccc(OCCCCCCCCc2ccccc2)c(CNCCCN(C)C)c1. The Labute approximate surface area is 228 Å². The molecule has 2 N–H and O–H groups in total. The van der Waals surface area contributed by atoms with Crippen molar-refractivity contribution in [2.75, 3.05) is 61.0 Å². The molecule has 2 rings (SSSR count). The van der Waals surface area contributed by atoms with Gasteiger partial charge in [0.05, 0.1) is 6.61 Å². The lowest BCUT2D eigenvalue weighted by Gasteiger charge is -2.15. The maximum atomic E-state index is 6.27. The molecule has 0 aliphatic heterocycles. The van der Waals surface area contributed by atoms with E-state index in [1.54, 1.807) is 0 Å². The normalized spacial score (nSPS) is 11.5. The molecule has 5 heteroatoms. The van der Waals surface area contributed by atoms with Gasteiger partial charge in [-0.05, 0) is 110 Å². The second-order valence-corrected chi connectivity index (χ2v) is 10.8. The molecule has 0 aliphatic rings. The maximum Gasteiger partial charge on any atom is 0.123 e. The van der Waals surface area contributed by atoms with Gasteiger partial charge in [-0.15, -0.1) is 0 Å². The number of aryl methyl sites for hydroxylation is 1. The molecular weight excluding hydrogens is 456 g/mol. The molecule has 0 aromatic heterocycles. The second-order valence-electron chi connectivity index (χ2n) is 10.8. The molecule has 0 unspecified atom stereocenters. The van der Waals surface area contributed by atoms with Gasteiger partial charge in [0.25, 0.3) is 0 Å². The largest absolute Gasteiger partial charge is 0.493 e. The van der Waals surface area contributed by atoms with Gasteiger partial charge < -0.3 is 25.2 Å². The van der Waals surface area contributed by atoms with E-state index in [9.17, 15) is 0 Å². The Morgan fingerprint density at radius 3 is 1.92 bits per heavy atom. The van der Waals surface area contributed by atoms with Crippen LogP contribution in [0.5, 0.6) is 5.75 Å². The highest BCUT2D eigenvalue weighted by atomic mass is 16.5. The molecule has 37 heavy (non-hydrogen) atoms. The van der Waals surface area contributed by atoms with Crippen LogP contribution >= 0.6 is 0 Å². The predicted molar refractivity (Wildman–Crippen MR) is 160 cm³/mol. The summed E-state index contributed by atoms with van der Waals surface area (Å²) in [7, 11) is 8.52. The van der Waals surface area contributed by atoms with E-state index in [1.807, 2.05) is 0 Å². The fourth-order valence-electron chi connectivity index (χ4n) is 4.48. The quantitative estimate of drug-likeness (QED) is 0.198. The van der Waals surface area contributed by atoms with E-state index in [1.165, 1.54) is 61.6 Å². The zero-order chi connectivity index (χ0) is 26.6. The van der Waals surface area contributed by atoms with Crippen LogP contribution in [-0.4, -0.2) is 70.8 Å². The number of hydrogen-bond donors (Lipinski definition) is 2.